The van der Waals surface area contributed by atoms with E-state index in [0.717, 1.165) is 19.0 Å². The van der Waals surface area contributed by atoms with Gasteiger partial charge >= 0.3 is 0 Å². The van der Waals surface area contributed by atoms with Gasteiger partial charge in [-0.05, 0) is 75.0 Å². The average Bonchev–Trinajstić information content (AvgIpc) is 2.83. The Balaban J connectivity index is 1.81. The van der Waals surface area contributed by atoms with Crippen molar-refractivity contribution in [1.29, 1.82) is 0 Å². The molecule has 1 aromatic rings. The molecule has 1 aliphatic rings. The highest BCUT2D eigenvalue weighted by atomic mass is 15.1. The zero-order valence-electron chi connectivity index (χ0n) is 12.9. The third-order valence-electron chi connectivity index (χ3n) is 4.52. The fourth-order valence-corrected chi connectivity index (χ4v) is 2.99. The lowest BCUT2D eigenvalue weighted by atomic mass is 10.0. The molecule has 0 bridgehead atoms. The number of nitrogens with one attached hydrogen (secondary N) is 1. The Labute approximate surface area is 118 Å². The van der Waals surface area contributed by atoms with Gasteiger partial charge in [-0.2, -0.15) is 0 Å². The van der Waals surface area contributed by atoms with Crippen LogP contribution in [-0.4, -0.2) is 31.1 Å². The number of likely N-dealkylation sites (tertiary alicyclic amines) is 1. The van der Waals surface area contributed by atoms with Gasteiger partial charge in [-0.3, -0.25) is 0 Å². The first-order chi connectivity index (χ1) is 9.10. The zero-order valence-corrected chi connectivity index (χ0v) is 12.9. The van der Waals surface area contributed by atoms with E-state index in [0.29, 0.717) is 0 Å². The van der Waals surface area contributed by atoms with Gasteiger partial charge in [0.2, 0.25) is 0 Å². The third-order valence-corrected chi connectivity index (χ3v) is 4.52. The molecule has 1 N–H and O–H groups in total. The number of hydrogen-bond donors (Lipinski definition) is 1. The third kappa shape index (κ3) is 3.80. The number of aryl methyl sites for hydroxylation is 3. The van der Waals surface area contributed by atoms with Crippen molar-refractivity contribution in [3.8, 4) is 0 Å². The van der Waals surface area contributed by atoms with Crippen LogP contribution in [0.25, 0.3) is 0 Å². The molecule has 2 heteroatoms. The Bertz CT molecular complexity index is 426. The van der Waals surface area contributed by atoms with E-state index in [1.165, 1.54) is 48.3 Å². The number of rotatable bonds is 5. The maximum atomic E-state index is 3.65. The van der Waals surface area contributed by atoms with Crippen molar-refractivity contribution < 1.29 is 0 Å². The van der Waals surface area contributed by atoms with Crippen molar-refractivity contribution in [2.24, 2.45) is 5.92 Å². The van der Waals surface area contributed by atoms with Gasteiger partial charge in [-0.1, -0.05) is 19.1 Å². The van der Waals surface area contributed by atoms with E-state index < -0.39 is 0 Å². The minimum absolute atomic E-state index is 0.840. The smallest absolute Gasteiger partial charge is 0.0208 e. The number of nitrogens with zero attached hydrogens (tertiary/aromatic N) is 1. The van der Waals surface area contributed by atoms with Crippen LogP contribution in [0, 0.1) is 26.7 Å². The van der Waals surface area contributed by atoms with Gasteiger partial charge in [0.05, 0.1) is 0 Å². The van der Waals surface area contributed by atoms with Gasteiger partial charge in [-0.25, -0.2) is 0 Å². The van der Waals surface area contributed by atoms with Gasteiger partial charge in [0.15, 0.2) is 0 Å². The van der Waals surface area contributed by atoms with E-state index in [-0.39, 0.29) is 0 Å². The van der Waals surface area contributed by atoms with Crippen LogP contribution in [0.2, 0.25) is 0 Å². The standard InChI is InChI=1S/C17H28N2/c1-5-19-7-6-16(12-19)10-18-11-17-9-14(3)13(2)8-15(17)4/h8-9,16,18H,5-7,10-12H2,1-4H3. The molecule has 0 spiro atoms. The number of hydrogen-bond acceptors (Lipinski definition) is 2. The Morgan fingerprint density at radius 2 is 1.89 bits per heavy atom. The summed E-state index contributed by atoms with van der Waals surface area (Å²) in [5.41, 5.74) is 5.67. The molecule has 1 atom stereocenters. The van der Waals surface area contributed by atoms with Gasteiger partial charge in [-0.15, -0.1) is 0 Å². The van der Waals surface area contributed by atoms with Crippen LogP contribution in [0.1, 0.15) is 35.6 Å². The van der Waals surface area contributed by atoms with Crippen LogP contribution in [0.3, 0.4) is 0 Å². The lowest BCUT2D eigenvalue weighted by molar-refractivity contribution is 0.339. The van der Waals surface area contributed by atoms with E-state index in [1.54, 1.807) is 0 Å². The number of benzene rings is 1. The summed E-state index contributed by atoms with van der Waals surface area (Å²) in [6.45, 7) is 14.8. The van der Waals surface area contributed by atoms with E-state index in [4.69, 9.17) is 0 Å². The molecule has 0 saturated carbocycles. The quantitative estimate of drug-likeness (QED) is 0.875. The molecule has 106 valence electrons. The molecule has 19 heavy (non-hydrogen) atoms. The van der Waals surface area contributed by atoms with Crippen molar-refractivity contribution in [1.82, 2.24) is 10.2 Å². The van der Waals surface area contributed by atoms with Crippen LogP contribution < -0.4 is 5.32 Å². The van der Waals surface area contributed by atoms with Gasteiger partial charge < -0.3 is 10.2 Å². The summed E-state index contributed by atoms with van der Waals surface area (Å²) in [6, 6.07) is 4.64. The molecule has 0 aliphatic carbocycles. The largest absolute Gasteiger partial charge is 0.312 e. The summed E-state index contributed by atoms with van der Waals surface area (Å²) in [6.07, 6.45) is 1.35. The second-order valence-electron chi connectivity index (χ2n) is 6.04. The lowest BCUT2D eigenvalue weighted by Crippen LogP contribution is -2.26. The van der Waals surface area contributed by atoms with Crippen molar-refractivity contribution in [2.45, 2.75) is 40.7 Å². The van der Waals surface area contributed by atoms with Crippen molar-refractivity contribution in [3.63, 3.8) is 0 Å². The molecule has 1 fully saturated rings. The van der Waals surface area contributed by atoms with Gasteiger partial charge in [0, 0.05) is 13.1 Å². The highest BCUT2D eigenvalue weighted by Crippen LogP contribution is 2.17. The molecule has 1 heterocycles. The van der Waals surface area contributed by atoms with Crippen LogP contribution in [-0.2, 0) is 6.54 Å². The average molecular weight is 260 g/mol. The molecule has 0 radical (unpaired) electrons. The van der Waals surface area contributed by atoms with Crippen molar-refractivity contribution in [2.75, 3.05) is 26.2 Å². The van der Waals surface area contributed by atoms with Gasteiger partial charge in [0.1, 0.15) is 0 Å². The minimum atomic E-state index is 0.840. The summed E-state index contributed by atoms with van der Waals surface area (Å²) in [7, 11) is 0. The first kappa shape index (κ1) is 14.5. The van der Waals surface area contributed by atoms with Crippen molar-refractivity contribution in [3.05, 3.63) is 34.4 Å². The van der Waals surface area contributed by atoms with Crippen LogP contribution in [0.5, 0.6) is 0 Å². The zero-order chi connectivity index (χ0) is 13.8. The van der Waals surface area contributed by atoms with Crippen LogP contribution in [0.15, 0.2) is 12.1 Å². The van der Waals surface area contributed by atoms with E-state index in [2.05, 4.69) is 50.0 Å². The first-order valence-electron chi connectivity index (χ1n) is 7.60. The second kappa shape index (κ2) is 6.53. The predicted octanol–water partition coefficient (Wildman–Crippen LogP) is 3.04. The molecule has 1 aliphatic heterocycles. The van der Waals surface area contributed by atoms with Crippen molar-refractivity contribution >= 4 is 0 Å². The molecule has 2 rings (SSSR count). The Morgan fingerprint density at radius 1 is 1.16 bits per heavy atom. The maximum Gasteiger partial charge on any atom is 0.0208 e. The molecular formula is C17H28N2. The minimum Gasteiger partial charge on any atom is -0.312 e. The Hall–Kier alpha value is -0.860. The Kier molecular flexibility index (Phi) is 5.00. The van der Waals surface area contributed by atoms with Crippen LogP contribution >= 0.6 is 0 Å². The van der Waals surface area contributed by atoms with Crippen LogP contribution in [0.4, 0.5) is 0 Å². The molecular weight excluding hydrogens is 232 g/mol. The molecule has 0 amide bonds. The molecule has 1 unspecified atom stereocenters. The predicted molar refractivity (Wildman–Crippen MR) is 82.6 cm³/mol. The highest BCUT2D eigenvalue weighted by molar-refractivity contribution is 5.36. The molecule has 1 saturated heterocycles. The first-order valence-corrected chi connectivity index (χ1v) is 7.60. The van der Waals surface area contributed by atoms with E-state index >= 15 is 0 Å². The second-order valence-corrected chi connectivity index (χ2v) is 6.04. The Morgan fingerprint density at radius 3 is 2.58 bits per heavy atom. The van der Waals surface area contributed by atoms with E-state index in [1.807, 2.05) is 0 Å². The fraction of sp³-hybridized carbons (Fsp3) is 0.647. The highest BCUT2D eigenvalue weighted by Gasteiger charge is 2.20. The summed E-state index contributed by atoms with van der Waals surface area (Å²) < 4.78 is 0. The van der Waals surface area contributed by atoms with E-state index in [9.17, 15) is 0 Å². The van der Waals surface area contributed by atoms with Gasteiger partial charge in [0.25, 0.3) is 0 Å². The summed E-state index contributed by atoms with van der Waals surface area (Å²) in [5.74, 6) is 0.840. The fourth-order valence-electron chi connectivity index (χ4n) is 2.99. The molecule has 1 aromatic carbocycles. The SMILES string of the molecule is CCN1CCC(CNCc2cc(C)c(C)cc2C)C1. The molecule has 0 aromatic heterocycles. The molecule has 2 nitrogen and oxygen atoms in total. The topological polar surface area (TPSA) is 15.3 Å². The normalized spacial score (nSPS) is 20.1. The summed E-state index contributed by atoms with van der Waals surface area (Å²) >= 11 is 0. The lowest BCUT2D eigenvalue weighted by Gasteiger charge is -2.15. The maximum absolute atomic E-state index is 3.65. The summed E-state index contributed by atoms with van der Waals surface area (Å²) in [5, 5.41) is 3.65. The monoisotopic (exact) mass is 260 g/mol. The summed E-state index contributed by atoms with van der Waals surface area (Å²) in [4.78, 5) is 2.55.